The monoisotopic (exact) mass is 354 g/mol. The number of nitrogens with zero attached hydrogens (tertiary/aromatic N) is 4. The van der Waals surface area contributed by atoms with E-state index in [-0.39, 0.29) is 10.7 Å². The molecule has 2 aromatic heterocycles. The summed E-state index contributed by atoms with van der Waals surface area (Å²) in [7, 11) is 0. The minimum Gasteiger partial charge on any atom is -0.303 e. The minimum atomic E-state index is -0.520. The molecule has 0 radical (unpaired) electrons. The van der Waals surface area contributed by atoms with Gasteiger partial charge in [0.05, 0.1) is 10.6 Å². The number of rotatable bonds is 4. The van der Waals surface area contributed by atoms with Crippen LogP contribution in [0.3, 0.4) is 0 Å². The number of benzene rings is 1. The molecule has 7 heteroatoms. The lowest BCUT2D eigenvalue weighted by molar-refractivity contribution is -0.384. The van der Waals surface area contributed by atoms with E-state index in [1.54, 1.807) is 18.5 Å². The zero-order valence-corrected chi connectivity index (χ0v) is 14.4. The standard InChI is InChI=1S/C18H15ClN4O2/c1-12-9-14(13(2)22(12)18-5-3-4-8-20-18)11-21-15-6-7-16(19)17(10-15)23(24)25/h3-11H,1-2H3. The lowest BCUT2D eigenvalue weighted by Gasteiger charge is -2.07. The zero-order valence-electron chi connectivity index (χ0n) is 13.7. The first-order valence-electron chi connectivity index (χ1n) is 7.55. The second-order valence-electron chi connectivity index (χ2n) is 5.50. The lowest BCUT2D eigenvalue weighted by Crippen LogP contribution is -2.01. The van der Waals surface area contributed by atoms with Gasteiger partial charge in [0.2, 0.25) is 0 Å². The predicted octanol–water partition coefficient (Wildman–Crippen LogP) is 4.80. The smallest absolute Gasteiger partial charge is 0.290 e. The quantitative estimate of drug-likeness (QED) is 0.383. The molecule has 0 saturated carbocycles. The van der Waals surface area contributed by atoms with Crippen LogP contribution in [-0.4, -0.2) is 20.7 Å². The summed E-state index contributed by atoms with van der Waals surface area (Å²) in [6.45, 7) is 3.97. The molecule has 0 aliphatic carbocycles. The van der Waals surface area contributed by atoms with Crippen LogP contribution >= 0.6 is 11.6 Å². The maximum absolute atomic E-state index is 11.0. The summed E-state index contributed by atoms with van der Waals surface area (Å²) in [5.41, 5.74) is 3.25. The van der Waals surface area contributed by atoms with Crippen LogP contribution < -0.4 is 0 Å². The highest BCUT2D eigenvalue weighted by Gasteiger charge is 2.13. The molecule has 0 fully saturated rings. The van der Waals surface area contributed by atoms with Crippen LogP contribution in [0.2, 0.25) is 5.02 Å². The zero-order chi connectivity index (χ0) is 18.0. The Bertz CT molecular complexity index is 965. The van der Waals surface area contributed by atoms with Crippen LogP contribution in [0.4, 0.5) is 11.4 Å². The van der Waals surface area contributed by atoms with Gasteiger partial charge in [0.25, 0.3) is 5.69 Å². The number of nitro groups is 1. The Morgan fingerprint density at radius 3 is 2.72 bits per heavy atom. The van der Waals surface area contributed by atoms with Gasteiger partial charge in [-0.1, -0.05) is 17.7 Å². The topological polar surface area (TPSA) is 73.3 Å². The van der Waals surface area contributed by atoms with E-state index in [4.69, 9.17) is 11.6 Å². The highest BCUT2D eigenvalue weighted by atomic mass is 35.5. The molecule has 3 aromatic rings. The van der Waals surface area contributed by atoms with Crippen LogP contribution in [0.25, 0.3) is 5.82 Å². The summed E-state index contributed by atoms with van der Waals surface area (Å²) in [5.74, 6) is 0.833. The molecular formula is C18H15ClN4O2. The number of hydrogen-bond acceptors (Lipinski definition) is 4. The van der Waals surface area contributed by atoms with Crippen LogP contribution in [0, 0.1) is 24.0 Å². The molecule has 0 bridgehead atoms. The third kappa shape index (κ3) is 3.44. The molecule has 0 atom stereocenters. The van der Waals surface area contributed by atoms with Crippen molar-refractivity contribution in [3.8, 4) is 5.82 Å². The predicted molar refractivity (Wildman–Crippen MR) is 98.4 cm³/mol. The fraction of sp³-hybridized carbons (Fsp3) is 0.111. The number of halogens is 1. The first-order chi connectivity index (χ1) is 12.0. The Labute approximate surface area is 149 Å². The van der Waals surface area contributed by atoms with E-state index in [0.717, 1.165) is 22.8 Å². The van der Waals surface area contributed by atoms with Crippen LogP contribution in [-0.2, 0) is 0 Å². The van der Waals surface area contributed by atoms with Crippen molar-refractivity contribution in [3.05, 3.63) is 80.7 Å². The molecule has 0 unspecified atom stereocenters. The largest absolute Gasteiger partial charge is 0.303 e. The normalized spacial score (nSPS) is 11.2. The highest BCUT2D eigenvalue weighted by Crippen LogP contribution is 2.29. The molecule has 6 nitrogen and oxygen atoms in total. The molecule has 0 N–H and O–H groups in total. The van der Waals surface area contributed by atoms with Gasteiger partial charge < -0.3 is 4.57 Å². The molecule has 0 aliphatic heterocycles. The van der Waals surface area contributed by atoms with Crippen molar-refractivity contribution in [2.45, 2.75) is 13.8 Å². The maximum atomic E-state index is 11.0. The van der Waals surface area contributed by atoms with Crippen molar-refractivity contribution >= 4 is 29.2 Å². The first kappa shape index (κ1) is 16.9. The maximum Gasteiger partial charge on any atom is 0.290 e. The number of aromatic nitrogens is 2. The van der Waals surface area contributed by atoms with Gasteiger partial charge >= 0.3 is 0 Å². The summed E-state index contributed by atoms with van der Waals surface area (Å²) in [6, 6.07) is 12.2. The van der Waals surface area contributed by atoms with E-state index in [2.05, 4.69) is 9.98 Å². The second kappa shape index (κ2) is 6.86. The Hall–Kier alpha value is -2.99. The fourth-order valence-electron chi connectivity index (χ4n) is 2.62. The molecule has 1 aromatic carbocycles. The summed E-state index contributed by atoms with van der Waals surface area (Å²) < 4.78 is 2.03. The third-order valence-corrected chi connectivity index (χ3v) is 4.15. The van der Waals surface area contributed by atoms with E-state index >= 15 is 0 Å². The van der Waals surface area contributed by atoms with E-state index in [0.29, 0.717) is 5.69 Å². The Balaban J connectivity index is 1.96. The van der Waals surface area contributed by atoms with E-state index in [1.807, 2.05) is 42.7 Å². The van der Waals surface area contributed by atoms with Gasteiger partial charge in [0, 0.05) is 35.4 Å². The fourth-order valence-corrected chi connectivity index (χ4v) is 2.81. The van der Waals surface area contributed by atoms with Crippen molar-refractivity contribution in [3.63, 3.8) is 0 Å². The van der Waals surface area contributed by atoms with Gasteiger partial charge in [-0.3, -0.25) is 15.1 Å². The van der Waals surface area contributed by atoms with Crippen molar-refractivity contribution in [2.24, 2.45) is 4.99 Å². The molecule has 0 amide bonds. The molecule has 0 spiro atoms. The second-order valence-corrected chi connectivity index (χ2v) is 5.91. The van der Waals surface area contributed by atoms with E-state index in [9.17, 15) is 10.1 Å². The summed E-state index contributed by atoms with van der Waals surface area (Å²) in [4.78, 5) is 19.2. The van der Waals surface area contributed by atoms with Crippen molar-refractivity contribution < 1.29 is 4.92 Å². The summed E-state index contributed by atoms with van der Waals surface area (Å²) in [6.07, 6.45) is 3.43. The van der Waals surface area contributed by atoms with Crippen molar-refractivity contribution in [2.75, 3.05) is 0 Å². The lowest BCUT2D eigenvalue weighted by atomic mass is 10.2. The van der Waals surface area contributed by atoms with Gasteiger partial charge in [-0.15, -0.1) is 0 Å². The van der Waals surface area contributed by atoms with Crippen LogP contribution in [0.15, 0.2) is 53.7 Å². The Kier molecular flexibility index (Phi) is 4.63. The molecular weight excluding hydrogens is 340 g/mol. The van der Waals surface area contributed by atoms with Gasteiger partial charge in [0.15, 0.2) is 0 Å². The SMILES string of the molecule is Cc1cc(C=Nc2ccc(Cl)c([N+](=O)[O-])c2)c(C)n1-c1ccccn1. The van der Waals surface area contributed by atoms with Crippen LogP contribution in [0.5, 0.6) is 0 Å². The molecule has 2 heterocycles. The summed E-state index contributed by atoms with van der Waals surface area (Å²) >= 11 is 5.82. The first-order valence-corrected chi connectivity index (χ1v) is 7.93. The van der Waals surface area contributed by atoms with Gasteiger partial charge in [-0.05, 0) is 44.2 Å². The molecule has 0 saturated heterocycles. The van der Waals surface area contributed by atoms with E-state index < -0.39 is 4.92 Å². The number of aliphatic imine (C=N–C) groups is 1. The number of nitro benzene ring substituents is 1. The Morgan fingerprint density at radius 1 is 1.24 bits per heavy atom. The molecule has 25 heavy (non-hydrogen) atoms. The number of pyridine rings is 1. The molecule has 0 aliphatic rings. The van der Waals surface area contributed by atoms with Gasteiger partial charge in [0.1, 0.15) is 10.8 Å². The van der Waals surface area contributed by atoms with Crippen molar-refractivity contribution in [1.29, 1.82) is 0 Å². The average Bonchev–Trinajstić information content (AvgIpc) is 2.88. The highest BCUT2D eigenvalue weighted by molar-refractivity contribution is 6.32. The van der Waals surface area contributed by atoms with Crippen LogP contribution in [0.1, 0.15) is 17.0 Å². The average molecular weight is 355 g/mol. The number of aryl methyl sites for hydroxylation is 1. The van der Waals surface area contributed by atoms with E-state index in [1.165, 1.54) is 12.1 Å². The minimum absolute atomic E-state index is 0.0947. The number of hydrogen-bond donors (Lipinski definition) is 0. The Morgan fingerprint density at radius 2 is 2.04 bits per heavy atom. The third-order valence-electron chi connectivity index (χ3n) is 3.83. The van der Waals surface area contributed by atoms with Crippen molar-refractivity contribution in [1.82, 2.24) is 9.55 Å². The molecule has 126 valence electrons. The summed E-state index contributed by atoms with van der Waals surface area (Å²) in [5, 5.41) is 11.1. The van der Waals surface area contributed by atoms with Gasteiger partial charge in [-0.2, -0.15) is 0 Å². The molecule has 3 rings (SSSR count). The van der Waals surface area contributed by atoms with Gasteiger partial charge in [-0.25, -0.2) is 4.98 Å².